The van der Waals surface area contributed by atoms with Crippen molar-refractivity contribution in [3.63, 3.8) is 0 Å². The van der Waals surface area contributed by atoms with Gasteiger partial charge in [0.25, 0.3) is 0 Å². The van der Waals surface area contributed by atoms with E-state index < -0.39 is 23.7 Å². The van der Waals surface area contributed by atoms with Crippen LogP contribution in [0.3, 0.4) is 0 Å². The maximum atomic E-state index is 13.3. The van der Waals surface area contributed by atoms with E-state index in [1.807, 2.05) is 12.1 Å². The van der Waals surface area contributed by atoms with Gasteiger partial charge in [-0.15, -0.1) is 0 Å². The molecule has 2 aliphatic heterocycles. The third-order valence-corrected chi connectivity index (χ3v) is 11.0. The van der Waals surface area contributed by atoms with E-state index in [9.17, 15) is 32.3 Å². The molecule has 4 heterocycles. The molecule has 2 aliphatic rings. The molecule has 0 bridgehead atoms. The Bertz CT molecular complexity index is 1840. The van der Waals surface area contributed by atoms with Gasteiger partial charge in [0.1, 0.15) is 18.2 Å². The van der Waals surface area contributed by atoms with Crippen LogP contribution in [0.25, 0.3) is 10.9 Å². The van der Waals surface area contributed by atoms with Crippen LogP contribution in [0.15, 0.2) is 49.1 Å². The highest BCUT2D eigenvalue weighted by Crippen LogP contribution is 2.37. The number of pyridine rings is 1. The van der Waals surface area contributed by atoms with Gasteiger partial charge in [0.05, 0.1) is 23.0 Å². The van der Waals surface area contributed by atoms with Crippen LogP contribution in [-0.4, -0.2) is 114 Å². The quantitative estimate of drug-likeness (QED) is 0.0837. The molecular formula is C43H59F3N8O6. The summed E-state index contributed by atoms with van der Waals surface area (Å²) in [6, 6.07) is 6.04. The van der Waals surface area contributed by atoms with E-state index in [1.54, 1.807) is 29.2 Å². The Balaban J connectivity index is 0.783. The molecule has 60 heavy (non-hydrogen) atoms. The summed E-state index contributed by atoms with van der Waals surface area (Å²) in [5.74, 6) is -0.647. The number of carbonyl (C=O) groups excluding carboxylic acids is 4. The predicted molar refractivity (Wildman–Crippen MR) is 219 cm³/mol. The zero-order valence-electron chi connectivity index (χ0n) is 34.5. The van der Waals surface area contributed by atoms with E-state index in [-0.39, 0.29) is 47.3 Å². The summed E-state index contributed by atoms with van der Waals surface area (Å²) in [5, 5.41) is 9.06. The molecule has 14 nitrogen and oxygen atoms in total. The van der Waals surface area contributed by atoms with Gasteiger partial charge in [-0.3, -0.25) is 24.2 Å². The van der Waals surface area contributed by atoms with Crippen LogP contribution in [0, 0.1) is 5.92 Å². The minimum atomic E-state index is -4.51. The number of halogens is 3. The second kappa shape index (κ2) is 23.8. The molecule has 3 aromatic rings. The first-order valence-electron chi connectivity index (χ1n) is 21.3. The Morgan fingerprint density at radius 1 is 0.867 bits per heavy atom. The van der Waals surface area contributed by atoms with Crippen LogP contribution in [0.5, 0.6) is 0 Å². The summed E-state index contributed by atoms with van der Waals surface area (Å²) in [5.41, 5.74) is 0.400. The number of rotatable bonds is 26. The number of nitrogens with one attached hydrogen (secondary N) is 3. The predicted octanol–water partition coefficient (Wildman–Crippen LogP) is 5.83. The highest BCUT2D eigenvalue weighted by Gasteiger charge is 2.42. The molecule has 0 radical (unpaired) electrons. The van der Waals surface area contributed by atoms with Gasteiger partial charge in [0, 0.05) is 90.3 Å². The fourth-order valence-corrected chi connectivity index (χ4v) is 7.62. The molecule has 2 fully saturated rings. The van der Waals surface area contributed by atoms with Crippen LogP contribution in [0.1, 0.15) is 101 Å². The van der Waals surface area contributed by atoms with E-state index in [0.29, 0.717) is 70.8 Å². The molecule has 0 saturated carbocycles. The number of benzene rings is 1. The SMILES string of the molecule is CN1C(=O)C[C@H](C(=O)NCCCCOCCCCCCCCOCCCCC(=O)NCCN2CC[C@H](Nc3ncnc4ccc(C(F)(F)F)cc34)C2=O)[C@H]1c1cccnc1. The highest BCUT2D eigenvalue weighted by molar-refractivity contribution is 5.93. The van der Waals surface area contributed by atoms with Crippen LogP contribution >= 0.6 is 0 Å². The molecule has 1 aromatic carbocycles. The Kier molecular flexibility index (Phi) is 18.3. The lowest BCUT2D eigenvalue weighted by Crippen LogP contribution is -2.39. The van der Waals surface area contributed by atoms with Crippen molar-refractivity contribution in [2.45, 2.75) is 102 Å². The molecule has 4 amide bonds. The van der Waals surface area contributed by atoms with Crippen LogP contribution in [0.4, 0.5) is 19.0 Å². The van der Waals surface area contributed by atoms with Gasteiger partial charge in [0.2, 0.25) is 23.6 Å². The normalized spacial score (nSPS) is 18.1. The summed E-state index contributed by atoms with van der Waals surface area (Å²) in [4.78, 5) is 66.0. The van der Waals surface area contributed by atoms with E-state index >= 15 is 0 Å². The zero-order valence-corrected chi connectivity index (χ0v) is 34.5. The van der Waals surface area contributed by atoms with Crippen molar-refractivity contribution in [1.82, 2.24) is 35.4 Å². The number of likely N-dealkylation sites (tertiary alicyclic amines) is 2. The molecule has 3 N–H and O–H groups in total. The minimum absolute atomic E-state index is 0.0330. The van der Waals surface area contributed by atoms with Gasteiger partial charge in [-0.05, 0) is 74.8 Å². The van der Waals surface area contributed by atoms with Crippen molar-refractivity contribution in [1.29, 1.82) is 0 Å². The summed E-state index contributed by atoms with van der Waals surface area (Å²) in [6.45, 7) is 4.39. The minimum Gasteiger partial charge on any atom is -0.381 e. The molecule has 0 spiro atoms. The topological polar surface area (TPSA) is 168 Å². The standard InChI is InChI=1S/C43H59F3N8O6/c1-53-38(56)28-34(39(53)31-13-12-18-47-29-31)41(57)49-19-7-11-26-60-24-9-5-3-2-4-8-23-59-25-10-6-14-37(55)48-20-22-54-21-17-36(42(54)58)52-40-33-27-32(43(44,45)46)15-16-35(33)50-30-51-40/h12-13,15-16,18,27,29-30,34,36,39H,2-11,14,17,19-26,28H2,1H3,(H,48,55)(H,49,57)(H,50,51,52)/t34-,36-,39+/m0/s1. The lowest BCUT2D eigenvalue weighted by molar-refractivity contribution is -0.137. The van der Waals surface area contributed by atoms with Crippen LogP contribution in [-0.2, 0) is 34.8 Å². The van der Waals surface area contributed by atoms with Crippen LogP contribution < -0.4 is 16.0 Å². The van der Waals surface area contributed by atoms with Crippen molar-refractivity contribution in [3.8, 4) is 0 Å². The number of carbonyl (C=O) groups is 4. The first-order valence-corrected chi connectivity index (χ1v) is 21.3. The van der Waals surface area contributed by atoms with Gasteiger partial charge in [-0.1, -0.05) is 31.7 Å². The highest BCUT2D eigenvalue weighted by atomic mass is 19.4. The number of aromatic nitrogens is 3. The summed E-state index contributed by atoms with van der Waals surface area (Å²) >= 11 is 0. The van der Waals surface area contributed by atoms with Crippen molar-refractivity contribution >= 4 is 40.3 Å². The van der Waals surface area contributed by atoms with E-state index in [4.69, 9.17) is 9.47 Å². The van der Waals surface area contributed by atoms with E-state index in [2.05, 4.69) is 30.9 Å². The second-order valence-corrected chi connectivity index (χ2v) is 15.5. The van der Waals surface area contributed by atoms with Gasteiger partial charge < -0.3 is 35.2 Å². The average Bonchev–Trinajstić information content (AvgIpc) is 3.74. The van der Waals surface area contributed by atoms with Gasteiger partial charge in [0.15, 0.2) is 0 Å². The second-order valence-electron chi connectivity index (χ2n) is 15.5. The molecule has 2 aromatic heterocycles. The molecule has 17 heteroatoms. The maximum absolute atomic E-state index is 13.3. The summed E-state index contributed by atoms with van der Waals surface area (Å²) in [6.07, 6.45) is 10.9. The first kappa shape index (κ1) is 46.2. The number of ether oxygens (including phenoxy) is 2. The molecule has 2 saturated heterocycles. The number of amides is 4. The number of unbranched alkanes of at least 4 members (excludes halogenated alkanes) is 7. The fourth-order valence-electron chi connectivity index (χ4n) is 7.62. The maximum Gasteiger partial charge on any atom is 0.416 e. The molecule has 3 atom stereocenters. The monoisotopic (exact) mass is 840 g/mol. The number of nitrogens with zero attached hydrogens (tertiary/aromatic N) is 5. The number of alkyl halides is 3. The van der Waals surface area contributed by atoms with Gasteiger partial charge in [-0.2, -0.15) is 13.2 Å². The smallest absolute Gasteiger partial charge is 0.381 e. The van der Waals surface area contributed by atoms with Crippen molar-refractivity contribution in [2.75, 3.05) is 65.0 Å². The molecular weight excluding hydrogens is 782 g/mol. The molecule has 328 valence electrons. The molecule has 0 unspecified atom stereocenters. The van der Waals surface area contributed by atoms with Crippen molar-refractivity contribution in [2.24, 2.45) is 5.92 Å². The number of hydrogen-bond acceptors (Lipinski definition) is 10. The van der Waals surface area contributed by atoms with Crippen molar-refractivity contribution < 1.29 is 41.8 Å². The molecule has 0 aliphatic carbocycles. The summed E-state index contributed by atoms with van der Waals surface area (Å²) in [7, 11) is 1.74. The number of anilines is 1. The Labute approximate surface area is 349 Å². The first-order chi connectivity index (χ1) is 29.0. The van der Waals surface area contributed by atoms with E-state index in [1.165, 1.54) is 12.4 Å². The van der Waals surface area contributed by atoms with Crippen molar-refractivity contribution in [3.05, 3.63) is 60.2 Å². The molecule has 5 rings (SSSR count). The lowest BCUT2D eigenvalue weighted by atomic mass is 9.94. The lowest BCUT2D eigenvalue weighted by Gasteiger charge is -2.24. The number of fused-ring (bicyclic) bond motifs is 1. The fraction of sp³-hybridized carbons (Fsp3) is 0.605. The Hall–Kier alpha value is -4.90. The van der Waals surface area contributed by atoms with Gasteiger partial charge >= 0.3 is 6.18 Å². The third kappa shape index (κ3) is 14.1. The Morgan fingerprint density at radius 2 is 1.57 bits per heavy atom. The Morgan fingerprint density at radius 3 is 2.27 bits per heavy atom. The average molecular weight is 841 g/mol. The van der Waals surface area contributed by atoms with Gasteiger partial charge in [-0.25, -0.2) is 9.97 Å². The third-order valence-electron chi connectivity index (χ3n) is 11.0. The summed E-state index contributed by atoms with van der Waals surface area (Å²) < 4.78 is 51.3. The largest absolute Gasteiger partial charge is 0.416 e. The van der Waals surface area contributed by atoms with Crippen LogP contribution in [0.2, 0.25) is 0 Å². The number of hydrogen-bond donors (Lipinski definition) is 3. The van der Waals surface area contributed by atoms with E-state index in [0.717, 1.165) is 82.1 Å². The zero-order chi connectivity index (χ0) is 42.7.